The summed E-state index contributed by atoms with van der Waals surface area (Å²) in [6, 6.07) is 0. The first-order valence-corrected chi connectivity index (χ1v) is 10.4. The van der Waals surface area contributed by atoms with E-state index in [0.717, 1.165) is 19.3 Å². The van der Waals surface area contributed by atoms with Gasteiger partial charge < -0.3 is 19.3 Å². The number of hydrogen-bond acceptors (Lipinski definition) is 6. The Morgan fingerprint density at radius 1 is 1.25 bits per heavy atom. The number of fused-ring (bicyclic) bond motifs is 2. The van der Waals surface area contributed by atoms with Crippen molar-refractivity contribution in [2.75, 3.05) is 6.61 Å². The van der Waals surface area contributed by atoms with Crippen LogP contribution in [0.25, 0.3) is 0 Å². The van der Waals surface area contributed by atoms with Crippen LogP contribution in [-0.4, -0.2) is 46.9 Å². The van der Waals surface area contributed by atoms with Gasteiger partial charge in [0, 0.05) is 29.6 Å². The third kappa shape index (κ3) is 2.40. The van der Waals surface area contributed by atoms with Crippen LogP contribution in [-0.2, 0) is 23.8 Å². The molecule has 0 bridgehead atoms. The van der Waals surface area contributed by atoms with E-state index in [1.807, 2.05) is 26.8 Å². The quantitative estimate of drug-likeness (QED) is 0.691. The zero-order chi connectivity index (χ0) is 20.5. The standard InChI is InChI=1S/C22H32O6/c1-13-16(24)17(25)18-19(3,4)15(27-14(2)23)6-7-20(18,5)22(13)9-8-21(28-22)10-11-26-12-21/h10-11,13,15,17-18,25H,6-9,12H2,1-5H3. The molecule has 2 spiro atoms. The van der Waals surface area contributed by atoms with Gasteiger partial charge in [0.2, 0.25) is 0 Å². The Bertz CT molecular complexity index is 729. The molecule has 2 aliphatic carbocycles. The summed E-state index contributed by atoms with van der Waals surface area (Å²) >= 11 is 0. The number of ether oxygens (including phenoxy) is 3. The number of carbonyl (C=O) groups is 2. The molecule has 156 valence electrons. The molecule has 6 nitrogen and oxygen atoms in total. The maximum absolute atomic E-state index is 13.2. The normalized spacial score (nSPS) is 49.3. The van der Waals surface area contributed by atoms with E-state index >= 15 is 0 Å². The van der Waals surface area contributed by atoms with Crippen LogP contribution in [0.15, 0.2) is 12.3 Å². The first-order chi connectivity index (χ1) is 13.0. The number of esters is 1. The maximum Gasteiger partial charge on any atom is 0.302 e. The van der Waals surface area contributed by atoms with E-state index in [9.17, 15) is 14.7 Å². The summed E-state index contributed by atoms with van der Waals surface area (Å²) < 4.78 is 17.9. The number of hydrogen-bond donors (Lipinski definition) is 1. The summed E-state index contributed by atoms with van der Waals surface area (Å²) in [6.45, 7) is 9.95. The van der Waals surface area contributed by atoms with Crippen LogP contribution in [0, 0.1) is 22.7 Å². The summed E-state index contributed by atoms with van der Waals surface area (Å²) in [5.74, 6) is -1.26. The van der Waals surface area contributed by atoms with Crippen LogP contribution < -0.4 is 0 Å². The van der Waals surface area contributed by atoms with Gasteiger partial charge in [0.1, 0.15) is 24.4 Å². The van der Waals surface area contributed by atoms with Crippen molar-refractivity contribution < 1.29 is 28.9 Å². The minimum absolute atomic E-state index is 0.168. The molecular weight excluding hydrogens is 360 g/mol. The minimum Gasteiger partial charge on any atom is -0.498 e. The molecule has 2 heterocycles. The second-order valence-electron chi connectivity index (χ2n) is 10.1. The van der Waals surface area contributed by atoms with Crippen molar-refractivity contribution in [2.24, 2.45) is 22.7 Å². The lowest BCUT2D eigenvalue weighted by molar-refractivity contribution is -0.268. The smallest absolute Gasteiger partial charge is 0.302 e. The van der Waals surface area contributed by atoms with Gasteiger partial charge in [0.25, 0.3) is 0 Å². The van der Waals surface area contributed by atoms with E-state index in [4.69, 9.17) is 14.2 Å². The lowest BCUT2D eigenvalue weighted by Crippen LogP contribution is -2.72. The first kappa shape index (κ1) is 19.9. The molecule has 7 unspecified atom stereocenters. The number of carbonyl (C=O) groups excluding carboxylic acids is 2. The van der Waals surface area contributed by atoms with Crippen LogP contribution >= 0.6 is 0 Å². The fraction of sp³-hybridized carbons (Fsp3) is 0.818. The number of aliphatic hydroxyl groups is 1. The van der Waals surface area contributed by atoms with Crippen molar-refractivity contribution in [1.29, 1.82) is 0 Å². The lowest BCUT2D eigenvalue weighted by atomic mass is 9.42. The van der Waals surface area contributed by atoms with E-state index in [2.05, 4.69) is 6.92 Å². The minimum atomic E-state index is -1.09. The summed E-state index contributed by atoms with van der Waals surface area (Å²) in [6.07, 6.45) is 5.21. The maximum atomic E-state index is 13.2. The summed E-state index contributed by atoms with van der Waals surface area (Å²) in [5.41, 5.74) is -2.12. The Labute approximate surface area is 166 Å². The zero-order valence-electron chi connectivity index (χ0n) is 17.5. The molecule has 4 rings (SSSR count). The van der Waals surface area contributed by atoms with Crippen molar-refractivity contribution in [3.8, 4) is 0 Å². The van der Waals surface area contributed by atoms with E-state index < -0.39 is 34.1 Å². The molecular formula is C22H32O6. The fourth-order valence-corrected chi connectivity index (χ4v) is 6.96. The molecule has 7 atom stereocenters. The van der Waals surface area contributed by atoms with Gasteiger partial charge in [-0.15, -0.1) is 0 Å². The van der Waals surface area contributed by atoms with Crippen molar-refractivity contribution >= 4 is 11.8 Å². The van der Waals surface area contributed by atoms with Crippen molar-refractivity contribution in [1.82, 2.24) is 0 Å². The van der Waals surface area contributed by atoms with Gasteiger partial charge in [-0.1, -0.05) is 27.7 Å². The summed E-state index contributed by atoms with van der Waals surface area (Å²) in [7, 11) is 0. The summed E-state index contributed by atoms with van der Waals surface area (Å²) in [5, 5.41) is 11.1. The Morgan fingerprint density at radius 2 is 1.96 bits per heavy atom. The molecule has 1 saturated heterocycles. The van der Waals surface area contributed by atoms with Gasteiger partial charge in [-0.25, -0.2) is 0 Å². The second-order valence-corrected chi connectivity index (χ2v) is 10.1. The molecule has 0 aromatic rings. The van der Waals surface area contributed by atoms with Crippen molar-refractivity contribution in [2.45, 2.75) is 83.7 Å². The van der Waals surface area contributed by atoms with E-state index in [1.165, 1.54) is 6.92 Å². The second kappa shape index (κ2) is 6.05. The molecule has 6 heteroatoms. The first-order valence-electron chi connectivity index (χ1n) is 10.4. The molecule has 0 aromatic heterocycles. The average Bonchev–Trinajstić information content (AvgIpc) is 3.23. The Kier molecular flexibility index (Phi) is 4.30. The summed E-state index contributed by atoms with van der Waals surface area (Å²) in [4.78, 5) is 24.9. The predicted molar refractivity (Wildman–Crippen MR) is 101 cm³/mol. The zero-order valence-corrected chi connectivity index (χ0v) is 17.5. The van der Waals surface area contributed by atoms with E-state index in [-0.39, 0.29) is 23.8 Å². The topological polar surface area (TPSA) is 82.1 Å². The highest BCUT2D eigenvalue weighted by molar-refractivity contribution is 5.88. The average molecular weight is 392 g/mol. The lowest BCUT2D eigenvalue weighted by Gasteiger charge is -2.65. The van der Waals surface area contributed by atoms with Crippen LogP contribution in [0.3, 0.4) is 0 Å². The van der Waals surface area contributed by atoms with Gasteiger partial charge in [0.05, 0.1) is 11.9 Å². The van der Waals surface area contributed by atoms with Gasteiger partial charge in [-0.3, -0.25) is 9.59 Å². The Balaban J connectivity index is 1.79. The van der Waals surface area contributed by atoms with Crippen molar-refractivity contribution in [3.05, 3.63) is 12.3 Å². The highest BCUT2D eigenvalue weighted by Gasteiger charge is 2.73. The number of aliphatic hydroxyl groups excluding tert-OH is 1. The molecule has 1 N–H and O–H groups in total. The monoisotopic (exact) mass is 392 g/mol. The van der Waals surface area contributed by atoms with Gasteiger partial charge in [0.15, 0.2) is 5.78 Å². The predicted octanol–water partition coefficient (Wildman–Crippen LogP) is 2.77. The van der Waals surface area contributed by atoms with Crippen LogP contribution in [0.5, 0.6) is 0 Å². The number of rotatable bonds is 1. The SMILES string of the molecule is CC(=O)OC1CCC2(C)C(C(O)C(=O)C(C)C23CCC2(C=COC2)O3)C1(C)C. The van der Waals surface area contributed by atoms with Gasteiger partial charge in [-0.2, -0.15) is 0 Å². The van der Waals surface area contributed by atoms with Crippen LogP contribution in [0.2, 0.25) is 0 Å². The molecule has 3 fully saturated rings. The highest BCUT2D eigenvalue weighted by atomic mass is 16.6. The molecule has 0 radical (unpaired) electrons. The third-order valence-electron chi connectivity index (χ3n) is 8.35. The Morgan fingerprint density at radius 3 is 2.57 bits per heavy atom. The fourth-order valence-electron chi connectivity index (χ4n) is 6.96. The van der Waals surface area contributed by atoms with Gasteiger partial charge in [-0.05, 0) is 31.8 Å². The van der Waals surface area contributed by atoms with E-state index in [1.54, 1.807) is 6.26 Å². The third-order valence-corrected chi connectivity index (χ3v) is 8.35. The highest BCUT2D eigenvalue weighted by Crippen LogP contribution is 2.67. The van der Waals surface area contributed by atoms with Crippen LogP contribution in [0.1, 0.15) is 60.3 Å². The van der Waals surface area contributed by atoms with Crippen LogP contribution in [0.4, 0.5) is 0 Å². The molecule has 4 aliphatic rings. The number of Topliss-reactive ketones (excluding diaryl/α,β-unsaturated/α-hetero) is 1. The van der Waals surface area contributed by atoms with E-state index in [0.29, 0.717) is 13.0 Å². The van der Waals surface area contributed by atoms with Gasteiger partial charge >= 0.3 is 5.97 Å². The molecule has 0 amide bonds. The molecule has 2 aliphatic heterocycles. The molecule has 0 aromatic carbocycles. The number of ketones is 1. The molecule has 28 heavy (non-hydrogen) atoms. The Hall–Kier alpha value is -1.40. The largest absolute Gasteiger partial charge is 0.498 e. The van der Waals surface area contributed by atoms with Crippen molar-refractivity contribution in [3.63, 3.8) is 0 Å². The molecule has 2 saturated carbocycles.